The SMILES string of the molecule is CC1(COc2cccc3c2CCCN3)CCCO1. The molecule has 1 N–H and O–H groups in total. The highest BCUT2D eigenvalue weighted by atomic mass is 16.5. The zero-order chi connectivity index (χ0) is 12.4. The molecular weight excluding hydrogens is 226 g/mol. The van der Waals surface area contributed by atoms with Gasteiger partial charge in [0.25, 0.3) is 0 Å². The van der Waals surface area contributed by atoms with Gasteiger partial charge in [-0.3, -0.25) is 0 Å². The van der Waals surface area contributed by atoms with E-state index in [1.165, 1.54) is 17.7 Å². The summed E-state index contributed by atoms with van der Waals surface area (Å²) in [7, 11) is 0. The third kappa shape index (κ3) is 2.32. The lowest BCUT2D eigenvalue weighted by atomic mass is 10.0. The average molecular weight is 247 g/mol. The molecule has 1 unspecified atom stereocenters. The van der Waals surface area contributed by atoms with E-state index in [1.54, 1.807) is 0 Å². The van der Waals surface area contributed by atoms with E-state index < -0.39 is 0 Å². The molecule has 3 heteroatoms. The Kier molecular flexibility index (Phi) is 3.16. The predicted molar refractivity (Wildman–Crippen MR) is 72.3 cm³/mol. The molecule has 0 aliphatic carbocycles. The Hall–Kier alpha value is -1.22. The molecule has 98 valence electrons. The molecule has 0 radical (unpaired) electrons. The summed E-state index contributed by atoms with van der Waals surface area (Å²) in [5, 5.41) is 3.43. The van der Waals surface area contributed by atoms with Crippen LogP contribution >= 0.6 is 0 Å². The first kappa shape index (κ1) is 11.8. The maximum atomic E-state index is 6.03. The monoisotopic (exact) mass is 247 g/mol. The summed E-state index contributed by atoms with van der Waals surface area (Å²) in [6.07, 6.45) is 4.53. The number of nitrogens with one attached hydrogen (secondary N) is 1. The predicted octanol–water partition coefficient (Wildman–Crippen LogP) is 2.99. The third-order valence-electron chi connectivity index (χ3n) is 3.89. The van der Waals surface area contributed by atoms with Crippen LogP contribution in [-0.4, -0.2) is 25.4 Å². The highest BCUT2D eigenvalue weighted by molar-refractivity contribution is 5.59. The number of fused-ring (bicyclic) bond motifs is 1. The van der Waals surface area contributed by atoms with Crippen molar-refractivity contribution in [1.82, 2.24) is 0 Å². The third-order valence-corrected chi connectivity index (χ3v) is 3.89. The minimum absolute atomic E-state index is 0.0924. The van der Waals surface area contributed by atoms with Crippen LogP contribution in [0.25, 0.3) is 0 Å². The van der Waals surface area contributed by atoms with Crippen molar-refractivity contribution in [3.63, 3.8) is 0 Å². The fourth-order valence-electron chi connectivity index (χ4n) is 2.79. The van der Waals surface area contributed by atoms with Gasteiger partial charge in [-0.25, -0.2) is 0 Å². The molecule has 0 spiro atoms. The number of ether oxygens (including phenoxy) is 2. The fraction of sp³-hybridized carbons (Fsp3) is 0.600. The zero-order valence-corrected chi connectivity index (χ0v) is 11.0. The van der Waals surface area contributed by atoms with Crippen LogP contribution in [0.1, 0.15) is 31.7 Å². The molecule has 1 fully saturated rings. The van der Waals surface area contributed by atoms with E-state index in [2.05, 4.69) is 30.4 Å². The van der Waals surface area contributed by atoms with Crippen molar-refractivity contribution in [3.8, 4) is 5.75 Å². The lowest BCUT2D eigenvalue weighted by Gasteiger charge is -2.26. The molecule has 18 heavy (non-hydrogen) atoms. The van der Waals surface area contributed by atoms with Crippen LogP contribution in [0.15, 0.2) is 18.2 Å². The highest BCUT2D eigenvalue weighted by Gasteiger charge is 2.31. The topological polar surface area (TPSA) is 30.5 Å². The van der Waals surface area contributed by atoms with Crippen LogP contribution in [0, 0.1) is 0 Å². The Balaban J connectivity index is 1.72. The largest absolute Gasteiger partial charge is 0.490 e. The molecule has 0 amide bonds. The number of benzene rings is 1. The lowest BCUT2D eigenvalue weighted by molar-refractivity contribution is -0.0160. The van der Waals surface area contributed by atoms with Crippen LogP contribution in [0.2, 0.25) is 0 Å². The normalized spacial score (nSPS) is 26.5. The van der Waals surface area contributed by atoms with E-state index in [-0.39, 0.29) is 5.60 Å². The van der Waals surface area contributed by atoms with E-state index >= 15 is 0 Å². The van der Waals surface area contributed by atoms with Crippen LogP contribution in [0.4, 0.5) is 5.69 Å². The molecule has 2 aliphatic heterocycles. The van der Waals surface area contributed by atoms with Crippen molar-refractivity contribution < 1.29 is 9.47 Å². The molecule has 1 atom stereocenters. The van der Waals surface area contributed by atoms with Crippen LogP contribution in [0.5, 0.6) is 5.75 Å². The van der Waals surface area contributed by atoms with Gasteiger partial charge in [0, 0.05) is 24.4 Å². The Morgan fingerprint density at radius 2 is 2.33 bits per heavy atom. The molecule has 3 rings (SSSR count). The second-order valence-corrected chi connectivity index (χ2v) is 5.50. The Bertz CT molecular complexity index is 425. The second-order valence-electron chi connectivity index (χ2n) is 5.50. The molecular formula is C15H21NO2. The van der Waals surface area contributed by atoms with Crippen molar-refractivity contribution in [2.75, 3.05) is 25.1 Å². The first-order chi connectivity index (χ1) is 8.77. The van der Waals surface area contributed by atoms with Gasteiger partial charge in [-0.1, -0.05) is 6.07 Å². The van der Waals surface area contributed by atoms with Gasteiger partial charge < -0.3 is 14.8 Å². The molecule has 2 heterocycles. The summed E-state index contributed by atoms with van der Waals surface area (Å²) in [4.78, 5) is 0. The quantitative estimate of drug-likeness (QED) is 0.890. The summed E-state index contributed by atoms with van der Waals surface area (Å²) in [6.45, 7) is 4.74. The number of hydrogen-bond acceptors (Lipinski definition) is 3. The van der Waals surface area contributed by atoms with E-state index in [0.717, 1.165) is 38.2 Å². The van der Waals surface area contributed by atoms with Gasteiger partial charge >= 0.3 is 0 Å². The van der Waals surface area contributed by atoms with E-state index in [1.807, 2.05) is 0 Å². The minimum Gasteiger partial charge on any atom is -0.490 e. The summed E-state index contributed by atoms with van der Waals surface area (Å²) < 4.78 is 11.8. The smallest absolute Gasteiger partial charge is 0.124 e. The van der Waals surface area contributed by atoms with Gasteiger partial charge in [0.15, 0.2) is 0 Å². The number of anilines is 1. The van der Waals surface area contributed by atoms with Crippen molar-refractivity contribution >= 4 is 5.69 Å². The van der Waals surface area contributed by atoms with Gasteiger partial charge in [0.1, 0.15) is 12.4 Å². The van der Waals surface area contributed by atoms with Crippen molar-refractivity contribution in [2.45, 2.75) is 38.2 Å². The Morgan fingerprint density at radius 1 is 1.39 bits per heavy atom. The van der Waals surface area contributed by atoms with Gasteiger partial charge in [0.2, 0.25) is 0 Å². The molecule has 0 bridgehead atoms. The van der Waals surface area contributed by atoms with E-state index in [0.29, 0.717) is 6.61 Å². The molecule has 0 saturated carbocycles. The summed E-state index contributed by atoms with van der Waals surface area (Å²) in [5.74, 6) is 1.02. The van der Waals surface area contributed by atoms with Gasteiger partial charge in [0.05, 0.1) is 5.60 Å². The lowest BCUT2D eigenvalue weighted by Crippen LogP contribution is -2.31. The second kappa shape index (κ2) is 4.81. The first-order valence-corrected chi connectivity index (χ1v) is 6.89. The van der Waals surface area contributed by atoms with Gasteiger partial charge in [-0.15, -0.1) is 0 Å². The average Bonchev–Trinajstić information content (AvgIpc) is 2.84. The fourth-order valence-corrected chi connectivity index (χ4v) is 2.79. The number of hydrogen-bond donors (Lipinski definition) is 1. The molecule has 1 aromatic carbocycles. The van der Waals surface area contributed by atoms with Crippen LogP contribution in [0.3, 0.4) is 0 Å². The standard InChI is InChI=1S/C15H21NO2/c1-15(8-4-10-18-15)11-17-14-7-2-6-13-12(14)5-3-9-16-13/h2,6-7,16H,3-5,8-11H2,1H3. The maximum absolute atomic E-state index is 6.03. The molecule has 3 nitrogen and oxygen atoms in total. The highest BCUT2D eigenvalue weighted by Crippen LogP contribution is 2.32. The summed E-state index contributed by atoms with van der Waals surface area (Å²) in [6, 6.07) is 6.27. The van der Waals surface area contributed by atoms with Crippen molar-refractivity contribution in [2.24, 2.45) is 0 Å². The van der Waals surface area contributed by atoms with Crippen molar-refractivity contribution in [3.05, 3.63) is 23.8 Å². The molecule has 1 aromatic rings. The first-order valence-electron chi connectivity index (χ1n) is 6.89. The van der Waals surface area contributed by atoms with Crippen LogP contribution in [-0.2, 0) is 11.2 Å². The Morgan fingerprint density at radius 3 is 3.17 bits per heavy atom. The van der Waals surface area contributed by atoms with Gasteiger partial charge in [-0.05, 0) is 44.7 Å². The van der Waals surface area contributed by atoms with E-state index in [4.69, 9.17) is 9.47 Å². The van der Waals surface area contributed by atoms with Crippen molar-refractivity contribution in [1.29, 1.82) is 0 Å². The summed E-state index contributed by atoms with van der Waals surface area (Å²) in [5.41, 5.74) is 2.46. The summed E-state index contributed by atoms with van der Waals surface area (Å²) >= 11 is 0. The molecule has 0 aromatic heterocycles. The maximum Gasteiger partial charge on any atom is 0.124 e. The molecule has 2 aliphatic rings. The number of rotatable bonds is 3. The van der Waals surface area contributed by atoms with Crippen LogP contribution < -0.4 is 10.1 Å². The molecule has 1 saturated heterocycles. The zero-order valence-electron chi connectivity index (χ0n) is 11.0. The van der Waals surface area contributed by atoms with Gasteiger partial charge in [-0.2, -0.15) is 0 Å². The minimum atomic E-state index is -0.0924. The van der Waals surface area contributed by atoms with E-state index in [9.17, 15) is 0 Å². The Labute approximate surface area is 108 Å².